The van der Waals surface area contributed by atoms with Crippen LogP contribution in [-0.4, -0.2) is 37.1 Å². The molecule has 2 aromatic rings. The van der Waals surface area contributed by atoms with Crippen LogP contribution in [0.2, 0.25) is 0 Å². The van der Waals surface area contributed by atoms with E-state index in [9.17, 15) is 4.79 Å². The molecular weight excluding hydrogens is 308 g/mol. The van der Waals surface area contributed by atoms with E-state index in [-0.39, 0.29) is 12.5 Å². The third-order valence-electron chi connectivity index (χ3n) is 3.41. The van der Waals surface area contributed by atoms with E-state index < -0.39 is 0 Å². The van der Waals surface area contributed by atoms with E-state index in [1.54, 1.807) is 11.3 Å². The van der Waals surface area contributed by atoms with Crippen molar-refractivity contribution in [2.45, 2.75) is 20.8 Å². The van der Waals surface area contributed by atoms with Crippen LogP contribution in [0.3, 0.4) is 0 Å². The Labute approximate surface area is 141 Å². The van der Waals surface area contributed by atoms with Crippen LogP contribution in [0.5, 0.6) is 0 Å². The van der Waals surface area contributed by atoms with Crippen LogP contribution < -0.4 is 16.0 Å². The highest BCUT2D eigenvalue weighted by Gasteiger charge is 2.07. The van der Waals surface area contributed by atoms with Gasteiger partial charge in [-0.3, -0.25) is 4.79 Å². The number of likely N-dealkylation sites (N-methyl/N-ethyl adjacent to an activating group) is 1. The number of benzene rings is 1. The number of aromatic nitrogens is 1. The van der Waals surface area contributed by atoms with Crippen molar-refractivity contribution in [3.8, 4) is 10.6 Å². The van der Waals surface area contributed by atoms with E-state index in [4.69, 9.17) is 0 Å². The minimum Gasteiger partial charge on any atom is -0.376 e. The Kier molecular flexibility index (Phi) is 6.55. The van der Waals surface area contributed by atoms with Gasteiger partial charge < -0.3 is 16.0 Å². The molecule has 0 unspecified atom stereocenters. The zero-order valence-corrected chi connectivity index (χ0v) is 14.7. The Balaban J connectivity index is 1.87. The quantitative estimate of drug-likeness (QED) is 0.650. The van der Waals surface area contributed by atoms with Crippen molar-refractivity contribution in [3.05, 3.63) is 34.8 Å². The molecule has 23 heavy (non-hydrogen) atoms. The number of nitrogens with one attached hydrogen (secondary N) is 3. The van der Waals surface area contributed by atoms with Gasteiger partial charge in [0.1, 0.15) is 5.01 Å². The molecule has 0 aliphatic rings. The molecule has 0 saturated heterocycles. The summed E-state index contributed by atoms with van der Waals surface area (Å²) in [4.78, 5) is 17.4. The maximum Gasteiger partial charge on any atom is 0.239 e. The van der Waals surface area contributed by atoms with Crippen LogP contribution in [0, 0.1) is 13.8 Å². The fourth-order valence-electron chi connectivity index (χ4n) is 2.19. The molecule has 1 aromatic heterocycles. The molecule has 0 saturated carbocycles. The lowest BCUT2D eigenvalue weighted by atomic mass is 10.1. The third-order valence-corrected chi connectivity index (χ3v) is 4.37. The topological polar surface area (TPSA) is 66.0 Å². The van der Waals surface area contributed by atoms with Gasteiger partial charge in [0.25, 0.3) is 0 Å². The second-order valence-corrected chi connectivity index (χ2v) is 6.60. The average Bonchev–Trinajstić information content (AvgIpc) is 2.97. The van der Waals surface area contributed by atoms with Gasteiger partial charge >= 0.3 is 0 Å². The van der Waals surface area contributed by atoms with Crippen molar-refractivity contribution in [2.24, 2.45) is 0 Å². The summed E-state index contributed by atoms with van der Waals surface area (Å²) in [6.07, 6.45) is 1.89. The summed E-state index contributed by atoms with van der Waals surface area (Å²) < 4.78 is 0. The number of aryl methyl sites for hydroxylation is 2. The number of thiazole rings is 1. The average molecular weight is 332 g/mol. The summed E-state index contributed by atoms with van der Waals surface area (Å²) in [6, 6.07) is 6.15. The van der Waals surface area contributed by atoms with Gasteiger partial charge in [-0.25, -0.2) is 4.98 Å². The number of carbonyl (C=O) groups excluding carboxylic acids is 1. The molecule has 0 radical (unpaired) electrons. The lowest BCUT2D eigenvalue weighted by Crippen LogP contribution is -2.35. The Morgan fingerprint density at radius 2 is 2.09 bits per heavy atom. The minimum absolute atomic E-state index is 0.00179. The Morgan fingerprint density at radius 1 is 1.26 bits per heavy atom. The van der Waals surface area contributed by atoms with E-state index in [1.807, 2.05) is 32.2 Å². The van der Waals surface area contributed by atoms with Gasteiger partial charge in [0, 0.05) is 35.4 Å². The fourth-order valence-corrected chi connectivity index (χ4v) is 2.95. The maximum atomic E-state index is 11.8. The number of amides is 1. The van der Waals surface area contributed by atoms with Crippen molar-refractivity contribution >= 4 is 22.9 Å². The van der Waals surface area contributed by atoms with Gasteiger partial charge in [-0.15, -0.1) is 11.3 Å². The summed E-state index contributed by atoms with van der Waals surface area (Å²) in [5, 5.41) is 10.3. The highest BCUT2D eigenvalue weighted by molar-refractivity contribution is 7.14. The van der Waals surface area contributed by atoms with Crippen LogP contribution in [0.15, 0.2) is 24.4 Å². The second-order valence-electron chi connectivity index (χ2n) is 5.36. The molecule has 2 rings (SSSR count). The molecular formula is C17H24N4OS. The molecule has 1 amide bonds. The molecule has 124 valence electrons. The van der Waals surface area contributed by atoms with Crippen LogP contribution in [-0.2, 0) is 4.79 Å². The number of nitrogens with zero attached hydrogens (tertiary/aromatic N) is 1. The molecule has 1 heterocycles. The number of carbonyl (C=O) groups is 1. The van der Waals surface area contributed by atoms with Crippen molar-refractivity contribution in [3.63, 3.8) is 0 Å². The van der Waals surface area contributed by atoms with Crippen LogP contribution in [0.25, 0.3) is 10.6 Å². The SMILES string of the molecule is CCNCCNC(=O)CNc1ccc(-c2ncc(C)s2)cc1C. The van der Waals surface area contributed by atoms with Crippen LogP contribution >= 0.6 is 11.3 Å². The fraction of sp³-hybridized carbons (Fsp3) is 0.412. The first-order chi connectivity index (χ1) is 11.1. The first-order valence-electron chi connectivity index (χ1n) is 7.85. The van der Waals surface area contributed by atoms with Gasteiger partial charge in [0.05, 0.1) is 6.54 Å². The summed E-state index contributed by atoms with van der Waals surface area (Å²) in [7, 11) is 0. The molecule has 0 atom stereocenters. The predicted octanol–water partition coefficient (Wildman–Crippen LogP) is 2.56. The van der Waals surface area contributed by atoms with E-state index >= 15 is 0 Å². The molecule has 0 fully saturated rings. The first-order valence-corrected chi connectivity index (χ1v) is 8.66. The smallest absolute Gasteiger partial charge is 0.239 e. The molecule has 5 nitrogen and oxygen atoms in total. The standard InChI is InChI=1S/C17H24N4OS/c1-4-18-7-8-19-16(22)11-20-15-6-5-14(9-12(15)2)17-21-10-13(3)23-17/h5-6,9-10,18,20H,4,7-8,11H2,1-3H3,(H,19,22). The molecule has 3 N–H and O–H groups in total. The molecule has 0 bridgehead atoms. The first kappa shape index (κ1) is 17.4. The Morgan fingerprint density at radius 3 is 2.74 bits per heavy atom. The zero-order chi connectivity index (χ0) is 16.7. The lowest BCUT2D eigenvalue weighted by molar-refractivity contribution is -0.119. The summed E-state index contributed by atoms with van der Waals surface area (Å²) >= 11 is 1.69. The summed E-state index contributed by atoms with van der Waals surface area (Å²) in [5.74, 6) is 0.00179. The summed E-state index contributed by atoms with van der Waals surface area (Å²) in [5.41, 5.74) is 3.20. The molecule has 1 aromatic carbocycles. The Bertz CT molecular complexity index is 654. The van der Waals surface area contributed by atoms with Gasteiger partial charge in [-0.1, -0.05) is 6.92 Å². The second kappa shape index (κ2) is 8.64. The zero-order valence-electron chi connectivity index (χ0n) is 13.9. The van der Waals surface area contributed by atoms with Crippen molar-refractivity contribution in [2.75, 3.05) is 31.5 Å². The maximum absolute atomic E-state index is 11.8. The molecule has 0 aliphatic carbocycles. The van der Waals surface area contributed by atoms with E-state index in [0.29, 0.717) is 6.54 Å². The monoisotopic (exact) mass is 332 g/mol. The van der Waals surface area contributed by atoms with Crippen molar-refractivity contribution in [1.82, 2.24) is 15.6 Å². The number of hydrogen-bond donors (Lipinski definition) is 3. The summed E-state index contributed by atoms with van der Waals surface area (Å²) in [6.45, 7) is 8.77. The number of anilines is 1. The predicted molar refractivity (Wildman–Crippen MR) is 97.1 cm³/mol. The number of hydrogen-bond acceptors (Lipinski definition) is 5. The van der Waals surface area contributed by atoms with Crippen LogP contribution in [0.4, 0.5) is 5.69 Å². The normalized spacial score (nSPS) is 10.6. The number of rotatable bonds is 8. The van der Waals surface area contributed by atoms with Crippen molar-refractivity contribution in [1.29, 1.82) is 0 Å². The van der Waals surface area contributed by atoms with Crippen molar-refractivity contribution < 1.29 is 4.79 Å². The van der Waals surface area contributed by atoms with E-state index in [2.05, 4.69) is 33.9 Å². The lowest BCUT2D eigenvalue weighted by Gasteiger charge is -2.11. The largest absolute Gasteiger partial charge is 0.376 e. The van der Waals surface area contributed by atoms with E-state index in [0.717, 1.165) is 34.9 Å². The van der Waals surface area contributed by atoms with Gasteiger partial charge in [0.15, 0.2) is 0 Å². The molecule has 0 aliphatic heterocycles. The molecule has 0 spiro atoms. The van der Waals surface area contributed by atoms with E-state index in [1.165, 1.54) is 4.88 Å². The minimum atomic E-state index is 0.00179. The highest BCUT2D eigenvalue weighted by Crippen LogP contribution is 2.27. The van der Waals surface area contributed by atoms with Gasteiger partial charge in [-0.05, 0) is 44.2 Å². The molecule has 6 heteroatoms. The third kappa shape index (κ3) is 5.33. The highest BCUT2D eigenvalue weighted by atomic mass is 32.1. The Hall–Kier alpha value is -1.92. The van der Waals surface area contributed by atoms with Gasteiger partial charge in [0.2, 0.25) is 5.91 Å². The van der Waals surface area contributed by atoms with Crippen LogP contribution in [0.1, 0.15) is 17.4 Å². The van der Waals surface area contributed by atoms with Gasteiger partial charge in [-0.2, -0.15) is 0 Å².